The van der Waals surface area contributed by atoms with E-state index in [1.807, 2.05) is 37.3 Å². The van der Waals surface area contributed by atoms with Crippen LogP contribution in [0.2, 0.25) is 0 Å². The van der Waals surface area contributed by atoms with Crippen molar-refractivity contribution in [1.29, 1.82) is 0 Å². The molecule has 0 aliphatic heterocycles. The Labute approximate surface area is 125 Å². The van der Waals surface area contributed by atoms with E-state index >= 15 is 0 Å². The topological polar surface area (TPSA) is 54.0 Å². The smallest absolute Gasteiger partial charge is 0.270 e. The van der Waals surface area contributed by atoms with Crippen molar-refractivity contribution in [2.75, 3.05) is 11.9 Å². The van der Waals surface area contributed by atoms with Crippen molar-refractivity contribution in [3.8, 4) is 0 Å². The van der Waals surface area contributed by atoms with Crippen LogP contribution in [0.4, 0.5) is 5.69 Å². The number of hydrogen-bond donors (Lipinski definition) is 2. The molecular formula is C17H21N3O. The summed E-state index contributed by atoms with van der Waals surface area (Å²) < 4.78 is 0. The van der Waals surface area contributed by atoms with Gasteiger partial charge in [-0.25, -0.2) is 0 Å². The summed E-state index contributed by atoms with van der Waals surface area (Å²) in [5.74, 6) is -0.154. The second-order valence-corrected chi connectivity index (χ2v) is 4.97. The van der Waals surface area contributed by atoms with Crippen LogP contribution in [0.3, 0.4) is 0 Å². The normalized spacial score (nSPS) is 10.2. The first-order chi connectivity index (χ1) is 10.2. The number of hydrogen-bond acceptors (Lipinski definition) is 3. The second kappa shape index (κ2) is 7.43. The molecule has 21 heavy (non-hydrogen) atoms. The molecule has 0 radical (unpaired) electrons. The molecule has 0 fully saturated rings. The van der Waals surface area contributed by atoms with Crippen LogP contribution >= 0.6 is 0 Å². The number of rotatable bonds is 6. The standard InChI is InChI=1S/C17H21N3O/c1-3-9-18-15-8-10-19-16(11-15)17(21)20-12-14-7-5-4-6-13(14)2/h4-8,10-11H,3,9,12H2,1-2H3,(H,18,19)(H,20,21). The van der Waals surface area contributed by atoms with Crippen LogP contribution in [0, 0.1) is 6.92 Å². The van der Waals surface area contributed by atoms with Gasteiger partial charge in [-0.1, -0.05) is 31.2 Å². The van der Waals surface area contributed by atoms with Gasteiger partial charge in [0.25, 0.3) is 5.91 Å². The van der Waals surface area contributed by atoms with Crippen LogP contribution in [-0.2, 0) is 6.54 Å². The fourth-order valence-electron chi connectivity index (χ4n) is 2.01. The van der Waals surface area contributed by atoms with Gasteiger partial charge >= 0.3 is 0 Å². The number of amides is 1. The lowest BCUT2D eigenvalue weighted by molar-refractivity contribution is 0.0946. The second-order valence-electron chi connectivity index (χ2n) is 4.97. The molecule has 0 aliphatic carbocycles. The predicted octanol–water partition coefficient (Wildman–Crippen LogP) is 3.14. The zero-order valence-electron chi connectivity index (χ0n) is 12.5. The highest BCUT2D eigenvalue weighted by molar-refractivity contribution is 5.93. The number of aryl methyl sites for hydroxylation is 1. The molecular weight excluding hydrogens is 262 g/mol. The van der Waals surface area contributed by atoms with Gasteiger partial charge in [-0.05, 0) is 36.6 Å². The average Bonchev–Trinajstić information content (AvgIpc) is 2.52. The van der Waals surface area contributed by atoms with Crippen molar-refractivity contribution >= 4 is 11.6 Å². The summed E-state index contributed by atoms with van der Waals surface area (Å²) in [5.41, 5.74) is 3.65. The molecule has 4 nitrogen and oxygen atoms in total. The highest BCUT2D eigenvalue weighted by atomic mass is 16.1. The molecule has 2 rings (SSSR count). The Morgan fingerprint density at radius 1 is 1.24 bits per heavy atom. The van der Waals surface area contributed by atoms with Gasteiger partial charge in [0, 0.05) is 25.0 Å². The molecule has 2 N–H and O–H groups in total. The maximum Gasteiger partial charge on any atom is 0.270 e. The van der Waals surface area contributed by atoms with E-state index in [4.69, 9.17) is 0 Å². The van der Waals surface area contributed by atoms with E-state index in [9.17, 15) is 4.79 Å². The lowest BCUT2D eigenvalue weighted by Gasteiger charge is -2.09. The Hall–Kier alpha value is -2.36. The number of carbonyl (C=O) groups is 1. The minimum Gasteiger partial charge on any atom is -0.385 e. The third-order valence-electron chi connectivity index (χ3n) is 3.27. The Balaban J connectivity index is 1.98. The van der Waals surface area contributed by atoms with Gasteiger partial charge in [0.05, 0.1) is 0 Å². The predicted molar refractivity (Wildman–Crippen MR) is 85.4 cm³/mol. The quantitative estimate of drug-likeness (QED) is 0.856. The molecule has 4 heteroatoms. The molecule has 110 valence electrons. The number of nitrogens with zero attached hydrogens (tertiary/aromatic N) is 1. The zero-order valence-corrected chi connectivity index (χ0v) is 12.5. The lowest BCUT2D eigenvalue weighted by atomic mass is 10.1. The first kappa shape index (κ1) is 15.0. The molecule has 0 aliphatic rings. The summed E-state index contributed by atoms with van der Waals surface area (Å²) in [7, 11) is 0. The van der Waals surface area contributed by atoms with Crippen molar-refractivity contribution in [2.24, 2.45) is 0 Å². The van der Waals surface area contributed by atoms with Gasteiger partial charge in [-0.2, -0.15) is 0 Å². The average molecular weight is 283 g/mol. The Bertz CT molecular complexity index is 610. The molecule has 1 amide bonds. The zero-order chi connectivity index (χ0) is 15.1. The van der Waals surface area contributed by atoms with Gasteiger partial charge in [0.1, 0.15) is 5.69 Å². The summed E-state index contributed by atoms with van der Waals surface area (Å²) >= 11 is 0. The minimum absolute atomic E-state index is 0.154. The van der Waals surface area contributed by atoms with E-state index in [1.165, 1.54) is 5.56 Å². The molecule has 1 aromatic heterocycles. The third-order valence-corrected chi connectivity index (χ3v) is 3.27. The number of anilines is 1. The molecule has 0 atom stereocenters. The summed E-state index contributed by atoms with van der Waals surface area (Å²) in [6, 6.07) is 11.7. The number of pyridine rings is 1. The third kappa shape index (κ3) is 4.31. The number of carbonyl (C=O) groups excluding carboxylic acids is 1. The lowest BCUT2D eigenvalue weighted by Crippen LogP contribution is -2.24. The summed E-state index contributed by atoms with van der Waals surface area (Å²) in [5, 5.41) is 6.16. The van der Waals surface area contributed by atoms with Crippen LogP contribution < -0.4 is 10.6 Å². The fourth-order valence-corrected chi connectivity index (χ4v) is 2.01. The minimum atomic E-state index is -0.154. The maximum atomic E-state index is 12.2. The van der Waals surface area contributed by atoms with Crippen molar-refractivity contribution in [3.63, 3.8) is 0 Å². The number of nitrogens with one attached hydrogen (secondary N) is 2. The molecule has 0 saturated carbocycles. The molecule has 0 bridgehead atoms. The molecule has 2 aromatic rings. The summed E-state index contributed by atoms with van der Waals surface area (Å²) in [6.07, 6.45) is 2.69. The van der Waals surface area contributed by atoms with E-state index in [0.29, 0.717) is 12.2 Å². The Morgan fingerprint density at radius 2 is 2.05 bits per heavy atom. The van der Waals surface area contributed by atoms with Crippen LogP contribution in [0.1, 0.15) is 35.0 Å². The van der Waals surface area contributed by atoms with Gasteiger partial charge in [0.15, 0.2) is 0 Å². The van der Waals surface area contributed by atoms with Crippen LogP contribution in [-0.4, -0.2) is 17.4 Å². The molecule has 0 unspecified atom stereocenters. The largest absolute Gasteiger partial charge is 0.385 e. The molecule has 1 aromatic carbocycles. The Kier molecular flexibility index (Phi) is 5.32. The highest BCUT2D eigenvalue weighted by Crippen LogP contribution is 2.09. The van der Waals surface area contributed by atoms with Crippen molar-refractivity contribution < 1.29 is 4.79 Å². The van der Waals surface area contributed by atoms with E-state index < -0.39 is 0 Å². The van der Waals surface area contributed by atoms with Crippen LogP contribution in [0.15, 0.2) is 42.6 Å². The van der Waals surface area contributed by atoms with Crippen LogP contribution in [0.5, 0.6) is 0 Å². The monoisotopic (exact) mass is 283 g/mol. The van der Waals surface area contributed by atoms with E-state index in [0.717, 1.165) is 24.2 Å². The molecule has 1 heterocycles. The van der Waals surface area contributed by atoms with Crippen LogP contribution in [0.25, 0.3) is 0 Å². The summed E-state index contributed by atoms with van der Waals surface area (Å²) in [4.78, 5) is 16.3. The van der Waals surface area contributed by atoms with Crippen molar-refractivity contribution in [1.82, 2.24) is 10.3 Å². The van der Waals surface area contributed by atoms with Gasteiger partial charge in [0.2, 0.25) is 0 Å². The molecule has 0 spiro atoms. The maximum absolute atomic E-state index is 12.2. The highest BCUT2D eigenvalue weighted by Gasteiger charge is 2.08. The SMILES string of the molecule is CCCNc1ccnc(C(=O)NCc2ccccc2C)c1. The molecule has 0 saturated heterocycles. The van der Waals surface area contributed by atoms with Gasteiger partial charge in [-0.15, -0.1) is 0 Å². The fraction of sp³-hybridized carbons (Fsp3) is 0.294. The van der Waals surface area contributed by atoms with Crippen molar-refractivity contribution in [3.05, 3.63) is 59.4 Å². The van der Waals surface area contributed by atoms with Crippen molar-refractivity contribution in [2.45, 2.75) is 26.8 Å². The van der Waals surface area contributed by atoms with E-state index in [2.05, 4.69) is 22.5 Å². The van der Waals surface area contributed by atoms with E-state index in [1.54, 1.807) is 12.3 Å². The van der Waals surface area contributed by atoms with E-state index in [-0.39, 0.29) is 5.91 Å². The number of aromatic nitrogens is 1. The van der Waals surface area contributed by atoms with Gasteiger partial charge < -0.3 is 10.6 Å². The first-order valence-corrected chi connectivity index (χ1v) is 7.23. The Morgan fingerprint density at radius 3 is 2.81 bits per heavy atom. The number of benzene rings is 1. The first-order valence-electron chi connectivity index (χ1n) is 7.23. The summed E-state index contributed by atoms with van der Waals surface area (Å²) in [6.45, 7) is 5.53. The van der Waals surface area contributed by atoms with Gasteiger partial charge in [-0.3, -0.25) is 9.78 Å².